The van der Waals surface area contributed by atoms with Crippen LogP contribution in [-0.2, 0) is 5.41 Å². The van der Waals surface area contributed by atoms with Crippen molar-refractivity contribution in [1.82, 2.24) is 4.98 Å². The van der Waals surface area contributed by atoms with Crippen molar-refractivity contribution in [3.63, 3.8) is 0 Å². The first-order valence-electron chi connectivity index (χ1n) is 8.61. The van der Waals surface area contributed by atoms with Crippen molar-refractivity contribution in [1.29, 1.82) is 5.26 Å². The van der Waals surface area contributed by atoms with Gasteiger partial charge in [0.15, 0.2) is 0 Å². The van der Waals surface area contributed by atoms with Gasteiger partial charge in [-0.05, 0) is 35.4 Å². The second kappa shape index (κ2) is 6.54. The molecular formula is C23H18N2O2. The number of aromatic nitrogens is 1. The number of phenols is 1. The maximum Gasteiger partial charge on any atom is 0.134 e. The van der Waals surface area contributed by atoms with Crippen LogP contribution in [0.2, 0.25) is 0 Å². The van der Waals surface area contributed by atoms with Crippen molar-refractivity contribution < 1.29 is 9.84 Å². The topological polar surface area (TPSA) is 69.0 Å². The normalized spacial score (nSPS) is 13.0. The number of aromatic amines is 1. The van der Waals surface area contributed by atoms with Gasteiger partial charge in [0.2, 0.25) is 0 Å². The van der Waals surface area contributed by atoms with E-state index in [1.807, 2.05) is 54.7 Å². The molecule has 0 radical (unpaired) electrons. The molecular weight excluding hydrogens is 336 g/mol. The number of phenolic OH excluding ortho intramolecular Hbond substituents is 1. The molecule has 1 heterocycles. The van der Waals surface area contributed by atoms with Crippen LogP contribution in [0.1, 0.15) is 16.7 Å². The monoisotopic (exact) mass is 354 g/mol. The number of benzene rings is 3. The summed E-state index contributed by atoms with van der Waals surface area (Å²) >= 11 is 0. The van der Waals surface area contributed by atoms with E-state index in [-0.39, 0.29) is 5.75 Å². The van der Waals surface area contributed by atoms with Crippen LogP contribution in [0.4, 0.5) is 0 Å². The number of ether oxygens (including phenoxy) is 1. The van der Waals surface area contributed by atoms with E-state index in [1.165, 1.54) is 0 Å². The molecule has 0 aliphatic rings. The first-order valence-corrected chi connectivity index (χ1v) is 8.61. The highest BCUT2D eigenvalue weighted by molar-refractivity contribution is 5.92. The molecule has 0 saturated heterocycles. The van der Waals surface area contributed by atoms with Crippen molar-refractivity contribution in [2.24, 2.45) is 0 Å². The van der Waals surface area contributed by atoms with Gasteiger partial charge in [-0.25, -0.2) is 0 Å². The Labute approximate surface area is 157 Å². The Morgan fingerprint density at radius 3 is 2.30 bits per heavy atom. The van der Waals surface area contributed by atoms with Gasteiger partial charge >= 0.3 is 0 Å². The van der Waals surface area contributed by atoms with E-state index in [0.717, 1.165) is 27.6 Å². The molecule has 0 amide bonds. The molecule has 4 aromatic rings. The summed E-state index contributed by atoms with van der Waals surface area (Å²) in [7, 11) is 1.63. The number of nitrogens with one attached hydrogen (secondary N) is 1. The second-order valence-corrected chi connectivity index (χ2v) is 6.36. The third-order valence-corrected chi connectivity index (χ3v) is 4.97. The van der Waals surface area contributed by atoms with Gasteiger partial charge in [0, 0.05) is 22.7 Å². The maximum absolute atomic E-state index is 10.5. The molecule has 2 N–H and O–H groups in total. The number of H-pyrrole nitrogens is 1. The third-order valence-electron chi connectivity index (χ3n) is 4.97. The molecule has 3 aromatic carbocycles. The number of nitriles is 1. The van der Waals surface area contributed by atoms with Gasteiger partial charge in [-0.15, -0.1) is 0 Å². The van der Waals surface area contributed by atoms with Gasteiger partial charge in [-0.2, -0.15) is 5.26 Å². The number of nitrogens with zero attached hydrogens (tertiary/aromatic N) is 1. The van der Waals surface area contributed by atoms with Crippen LogP contribution in [0.5, 0.6) is 11.5 Å². The van der Waals surface area contributed by atoms with E-state index >= 15 is 0 Å². The molecule has 132 valence electrons. The van der Waals surface area contributed by atoms with Gasteiger partial charge < -0.3 is 14.8 Å². The summed E-state index contributed by atoms with van der Waals surface area (Å²) in [5.41, 5.74) is 2.29. The Morgan fingerprint density at radius 2 is 1.63 bits per heavy atom. The fourth-order valence-corrected chi connectivity index (χ4v) is 3.68. The minimum Gasteiger partial charge on any atom is -0.508 e. The zero-order valence-electron chi connectivity index (χ0n) is 14.8. The molecule has 4 nitrogen and oxygen atoms in total. The molecule has 4 rings (SSSR count). The highest BCUT2D eigenvalue weighted by atomic mass is 16.5. The smallest absolute Gasteiger partial charge is 0.134 e. The Morgan fingerprint density at radius 1 is 0.926 bits per heavy atom. The number of methoxy groups -OCH3 is 1. The lowest BCUT2D eigenvalue weighted by Gasteiger charge is -2.28. The fourth-order valence-electron chi connectivity index (χ4n) is 3.68. The van der Waals surface area contributed by atoms with E-state index < -0.39 is 5.41 Å². The van der Waals surface area contributed by atoms with E-state index in [0.29, 0.717) is 5.75 Å². The summed E-state index contributed by atoms with van der Waals surface area (Å²) in [6.45, 7) is 0. The van der Waals surface area contributed by atoms with Gasteiger partial charge in [0.1, 0.15) is 16.9 Å². The van der Waals surface area contributed by atoms with Crippen molar-refractivity contribution >= 4 is 10.9 Å². The van der Waals surface area contributed by atoms with Crippen LogP contribution in [-0.4, -0.2) is 17.2 Å². The van der Waals surface area contributed by atoms with Gasteiger partial charge in [0.25, 0.3) is 0 Å². The molecule has 1 atom stereocenters. The lowest BCUT2D eigenvalue weighted by molar-refractivity contribution is 0.419. The quantitative estimate of drug-likeness (QED) is 0.556. The molecule has 27 heavy (non-hydrogen) atoms. The predicted octanol–water partition coefficient (Wildman–Crippen LogP) is 4.74. The summed E-state index contributed by atoms with van der Waals surface area (Å²) < 4.78 is 5.59. The summed E-state index contributed by atoms with van der Waals surface area (Å²) in [6, 6.07) is 24.8. The highest BCUT2D eigenvalue weighted by Gasteiger charge is 2.39. The van der Waals surface area contributed by atoms with Gasteiger partial charge in [-0.1, -0.05) is 48.5 Å². The number of aromatic hydroxyl groups is 1. The van der Waals surface area contributed by atoms with Crippen LogP contribution in [0.15, 0.2) is 79.0 Å². The Hall–Kier alpha value is -3.71. The summed E-state index contributed by atoms with van der Waals surface area (Å²) in [4.78, 5) is 3.27. The summed E-state index contributed by atoms with van der Waals surface area (Å²) in [5, 5.41) is 21.1. The van der Waals surface area contributed by atoms with Crippen molar-refractivity contribution in [2.45, 2.75) is 5.41 Å². The second-order valence-electron chi connectivity index (χ2n) is 6.36. The van der Waals surface area contributed by atoms with Crippen molar-refractivity contribution in [2.75, 3.05) is 7.11 Å². The molecule has 0 aliphatic carbocycles. The maximum atomic E-state index is 10.5. The number of hydrogen-bond donors (Lipinski definition) is 2. The van der Waals surface area contributed by atoms with E-state index in [9.17, 15) is 10.4 Å². The lowest BCUT2D eigenvalue weighted by Crippen LogP contribution is -2.27. The average molecular weight is 354 g/mol. The van der Waals surface area contributed by atoms with Crippen molar-refractivity contribution in [3.05, 3.63) is 95.7 Å². The summed E-state index contributed by atoms with van der Waals surface area (Å²) in [6.07, 6.45) is 1.87. The Bertz CT molecular complexity index is 1120. The predicted molar refractivity (Wildman–Crippen MR) is 105 cm³/mol. The minimum absolute atomic E-state index is 0.162. The van der Waals surface area contributed by atoms with Gasteiger partial charge in [-0.3, -0.25) is 0 Å². The first kappa shape index (κ1) is 16.7. The third kappa shape index (κ3) is 2.52. The first-order chi connectivity index (χ1) is 13.2. The number of fused-ring (bicyclic) bond motifs is 1. The van der Waals surface area contributed by atoms with Crippen LogP contribution < -0.4 is 4.74 Å². The Balaban J connectivity index is 2.12. The molecule has 1 aromatic heterocycles. The summed E-state index contributed by atoms with van der Waals surface area (Å²) in [5.74, 6) is 0.869. The van der Waals surface area contributed by atoms with E-state index in [2.05, 4.69) is 11.1 Å². The molecule has 0 unspecified atom stereocenters. The molecule has 0 spiro atoms. The highest BCUT2D eigenvalue weighted by Crippen LogP contribution is 2.44. The fraction of sp³-hybridized carbons (Fsp3) is 0.0870. The van der Waals surface area contributed by atoms with Crippen LogP contribution >= 0.6 is 0 Å². The standard InChI is InChI=1S/C23H18N2O2/c1-27-21-9-5-8-20-22(21)19(14-25-20)23(15-24,16-6-3-2-4-7-16)17-10-12-18(26)13-11-17/h2-14,25-26H,1H3/t23-/m1/s1. The minimum atomic E-state index is -1.05. The van der Waals surface area contributed by atoms with Crippen LogP contribution in [0.3, 0.4) is 0 Å². The number of hydrogen-bond acceptors (Lipinski definition) is 3. The zero-order valence-corrected chi connectivity index (χ0v) is 14.8. The lowest BCUT2D eigenvalue weighted by atomic mass is 9.70. The SMILES string of the molecule is COc1cccc2[nH]cc([C@](C#N)(c3ccccc3)c3ccc(O)cc3)c12. The van der Waals surface area contributed by atoms with Crippen LogP contribution in [0.25, 0.3) is 10.9 Å². The molecule has 0 bridgehead atoms. The molecule has 0 fully saturated rings. The molecule has 0 aliphatic heterocycles. The largest absolute Gasteiger partial charge is 0.508 e. The van der Waals surface area contributed by atoms with Crippen LogP contribution in [0, 0.1) is 11.3 Å². The average Bonchev–Trinajstić information content (AvgIpc) is 3.16. The Kier molecular flexibility index (Phi) is 4.06. The zero-order chi connectivity index (χ0) is 18.9. The van der Waals surface area contributed by atoms with E-state index in [4.69, 9.17) is 4.74 Å². The number of rotatable bonds is 4. The van der Waals surface area contributed by atoms with Crippen molar-refractivity contribution in [3.8, 4) is 17.6 Å². The molecule has 0 saturated carbocycles. The molecule has 4 heteroatoms. The van der Waals surface area contributed by atoms with Gasteiger partial charge in [0.05, 0.1) is 13.2 Å². The van der Waals surface area contributed by atoms with E-state index in [1.54, 1.807) is 31.4 Å².